The summed E-state index contributed by atoms with van der Waals surface area (Å²) >= 11 is 12.2. The molecule has 7 heteroatoms. The molecule has 0 aliphatic carbocycles. The molecule has 23 heavy (non-hydrogen) atoms. The van der Waals surface area contributed by atoms with Gasteiger partial charge in [-0.15, -0.1) is 0 Å². The molecule has 2 aromatic rings. The Bertz CT molecular complexity index is 744. The molecule has 2 heterocycles. The summed E-state index contributed by atoms with van der Waals surface area (Å²) in [5, 5.41) is 11.6. The fraction of sp³-hybridized carbons (Fsp3) is 0.375. The molecule has 1 aromatic heterocycles. The van der Waals surface area contributed by atoms with E-state index in [4.69, 9.17) is 23.2 Å². The van der Waals surface area contributed by atoms with Gasteiger partial charge < -0.3 is 10.2 Å². The average Bonchev–Trinajstić information content (AvgIpc) is 2.97. The van der Waals surface area contributed by atoms with E-state index in [1.165, 1.54) is 0 Å². The van der Waals surface area contributed by atoms with Crippen LogP contribution in [0.3, 0.4) is 0 Å². The van der Waals surface area contributed by atoms with Gasteiger partial charge in [-0.25, -0.2) is 0 Å². The molecule has 0 fully saturated rings. The molecule has 0 spiro atoms. The largest absolute Gasteiger partial charge is 0.333 e. The Kier molecular flexibility index (Phi) is 4.62. The number of carbonyl (C=O) groups excluding carboxylic acids is 1. The lowest BCUT2D eigenvalue weighted by Crippen LogP contribution is -2.32. The molecule has 0 saturated carbocycles. The van der Waals surface area contributed by atoms with Gasteiger partial charge in [-0.3, -0.25) is 9.89 Å². The van der Waals surface area contributed by atoms with E-state index in [1.54, 1.807) is 24.1 Å². The number of rotatable bonds is 3. The third kappa shape index (κ3) is 3.09. The van der Waals surface area contributed by atoms with Crippen molar-refractivity contribution in [2.24, 2.45) is 0 Å². The van der Waals surface area contributed by atoms with E-state index in [-0.39, 0.29) is 11.9 Å². The highest BCUT2D eigenvalue weighted by atomic mass is 35.5. The van der Waals surface area contributed by atoms with Crippen LogP contribution in [0, 0.1) is 0 Å². The summed E-state index contributed by atoms with van der Waals surface area (Å²) in [4.78, 5) is 14.5. The quantitative estimate of drug-likeness (QED) is 0.891. The number of aromatic nitrogens is 2. The van der Waals surface area contributed by atoms with E-state index < -0.39 is 0 Å². The van der Waals surface area contributed by atoms with Crippen LogP contribution in [0.15, 0.2) is 18.2 Å². The van der Waals surface area contributed by atoms with Crippen LogP contribution in [0.5, 0.6) is 0 Å². The van der Waals surface area contributed by atoms with E-state index in [9.17, 15) is 4.79 Å². The number of hydrogen-bond donors (Lipinski definition) is 2. The second-order valence-corrected chi connectivity index (χ2v) is 6.56. The molecule has 1 amide bonds. The van der Waals surface area contributed by atoms with Crippen LogP contribution in [0.2, 0.25) is 10.0 Å². The highest BCUT2D eigenvalue weighted by Gasteiger charge is 2.27. The van der Waals surface area contributed by atoms with Gasteiger partial charge in [0.2, 0.25) is 0 Å². The standard InChI is InChI=1S/C16H18Cl2N4O/c1-9(11-4-3-10(17)7-13(11)18)22(2)16(23)15-12-8-19-6-5-14(12)20-21-15/h3-4,7,9,19H,5-6,8H2,1-2H3,(H,20,21). The Hall–Kier alpha value is -1.56. The van der Waals surface area contributed by atoms with Crippen molar-refractivity contribution < 1.29 is 4.79 Å². The SMILES string of the molecule is CC(c1ccc(Cl)cc1Cl)N(C)C(=O)c1n[nH]c2c1CNCC2. The number of hydrogen-bond acceptors (Lipinski definition) is 3. The molecule has 122 valence electrons. The van der Waals surface area contributed by atoms with Gasteiger partial charge in [-0.2, -0.15) is 5.10 Å². The summed E-state index contributed by atoms with van der Waals surface area (Å²) in [7, 11) is 1.76. The van der Waals surface area contributed by atoms with E-state index in [0.717, 1.165) is 29.8 Å². The Morgan fingerprint density at radius 3 is 2.91 bits per heavy atom. The summed E-state index contributed by atoms with van der Waals surface area (Å²) in [6.45, 7) is 3.50. The maximum atomic E-state index is 12.8. The van der Waals surface area contributed by atoms with Crippen LogP contribution < -0.4 is 5.32 Å². The Labute approximate surface area is 145 Å². The number of nitrogens with zero attached hydrogens (tertiary/aromatic N) is 2. The lowest BCUT2D eigenvalue weighted by molar-refractivity contribution is 0.0735. The molecule has 1 aliphatic heterocycles. The van der Waals surface area contributed by atoms with Gasteiger partial charge in [0.1, 0.15) is 0 Å². The molecule has 1 unspecified atom stereocenters. The van der Waals surface area contributed by atoms with E-state index in [2.05, 4.69) is 15.5 Å². The van der Waals surface area contributed by atoms with Crippen molar-refractivity contribution in [1.29, 1.82) is 0 Å². The highest BCUT2D eigenvalue weighted by molar-refractivity contribution is 6.35. The van der Waals surface area contributed by atoms with Gasteiger partial charge in [0.25, 0.3) is 5.91 Å². The maximum Gasteiger partial charge on any atom is 0.274 e. The van der Waals surface area contributed by atoms with Crippen LogP contribution >= 0.6 is 23.2 Å². The molecule has 1 aliphatic rings. The minimum absolute atomic E-state index is 0.121. The smallest absolute Gasteiger partial charge is 0.274 e. The predicted molar refractivity (Wildman–Crippen MR) is 91.0 cm³/mol. The van der Waals surface area contributed by atoms with E-state index in [0.29, 0.717) is 22.3 Å². The number of carbonyl (C=O) groups is 1. The summed E-state index contributed by atoms with van der Waals surface area (Å²) in [6, 6.07) is 5.13. The number of halogens is 2. The summed E-state index contributed by atoms with van der Waals surface area (Å²) in [6.07, 6.45) is 0.859. The number of amides is 1. The first-order chi connectivity index (χ1) is 11.0. The van der Waals surface area contributed by atoms with Crippen LogP contribution in [0.1, 0.15) is 40.3 Å². The lowest BCUT2D eigenvalue weighted by Gasteiger charge is -2.26. The first-order valence-corrected chi connectivity index (χ1v) is 8.23. The highest BCUT2D eigenvalue weighted by Crippen LogP contribution is 2.30. The molecular formula is C16H18Cl2N4O. The minimum Gasteiger partial charge on any atom is -0.333 e. The average molecular weight is 353 g/mol. The third-order valence-corrected chi connectivity index (χ3v) is 4.89. The zero-order valence-electron chi connectivity index (χ0n) is 13.0. The molecule has 2 N–H and O–H groups in total. The Balaban J connectivity index is 1.86. The van der Waals surface area contributed by atoms with Crippen molar-refractivity contribution in [3.05, 3.63) is 50.8 Å². The van der Waals surface area contributed by atoms with Crippen molar-refractivity contribution in [1.82, 2.24) is 20.4 Å². The number of benzene rings is 1. The van der Waals surface area contributed by atoms with Crippen molar-refractivity contribution in [3.8, 4) is 0 Å². The monoisotopic (exact) mass is 352 g/mol. The summed E-state index contributed by atoms with van der Waals surface area (Å²) < 4.78 is 0. The van der Waals surface area contributed by atoms with Gasteiger partial charge in [-0.1, -0.05) is 29.3 Å². The first-order valence-electron chi connectivity index (χ1n) is 7.48. The van der Waals surface area contributed by atoms with Gasteiger partial charge in [0, 0.05) is 47.9 Å². The summed E-state index contributed by atoms with van der Waals surface area (Å²) in [5.41, 5.74) is 3.33. The number of H-pyrrole nitrogens is 1. The maximum absolute atomic E-state index is 12.8. The Morgan fingerprint density at radius 2 is 2.17 bits per heavy atom. The van der Waals surface area contributed by atoms with Crippen molar-refractivity contribution in [2.45, 2.75) is 25.9 Å². The first kappa shape index (κ1) is 16.3. The Morgan fingerprint density at radius 1 is 1.39 bits per heavy atom. The predicted octanol–water partition coefficient (Wildman–Crippen LogP) is 3.20. The van der Waals surface area contributed by atoms with E-state index >= 15 is 0 Å². The van der Waals surface area contributed by atoms with Crippen molar-refractivity contribution >= 4 is 29.1 Å². The number of fused-ring (bicyclic) bond motifs is 1. The molecular weight excluding hydrogens is 335 g/mol. The number of nitrogens with one attached hydrogen (secondary N) is 2. The third-order valence-electron chi connectivity index (χ3n) is 4.32. The number of aromatic amines is 1. The molecule has 0 bridgehead atoms. The molecule has 0 radical (unpaired) electrons. The second kappa shape index (κ2) is 6.51. The van der Waals surface area contributed by atoms with Crippen LogP contribution in [0.4, 0.5) is 0 Å². The van der Waals surface area contributed by atoms with Gasteiger partial charge in [-0.05, 0) is 24.6 Å². The van der Waals surface area contributed by atoms with Gasteiger partial charge in [0.05, 0.1) is 6.04 Å². The topological polar surface area (TPSA) is 61.0 Å². The lowest BCUT2D eigenvalue weighted by atomic mass is 10.0. The fourth-order valence-corrected chi connectivity index (χ4v) is 3.36. The van der Waals surface area contributed by atoms with Crippen LogP contribution in [-0.4, -0.2) is 34.6 Å². The zero-order valence-corrected chi connectivity index (χ0v) is 14.5. The molecule has 0 saturated heterocycles. The molecule has 5 nitrogen and oxygen atoms in total. The normalized spacial score (nSPS) is 15.1. The van der Waals surface area contributed by atoms with Crippen LogP contribution in [0.25, 0.3) is 0 Å². The van der Waals surface area contributed by atoms with Crippen molar-refractivity contribution in [3.63, 3.8) is 0 Å². The second-order valence-electron chi connectivity index (χ2n) is 5.71. The fourth-order valence-electron chi connectivity index (χ4n) is 2.79. The zero-order chi connectivity index (χ0) is 16.6. The minimum atomic E-state index is -0.184. The van der Waals surface area contributed by atoms with Gasteiger partial charge >= 0.3 is 0 Å². The van der Waals surface area contributed by atoms with Crippen LogP contribution in [-0.2, 0) is 13.0 Å². The molecule has 3 rings (SSSR count). The van der Waals surface area contributed by atoms with Gasteiger partial charge in [0.15, 0.2) is 5.69 Å². The summed E-state index contributed by atoms with van der Waals surface area (Å²) in [5.74, 6) is -0.121. The van der Waals surface area contributed by atoms with Crippen molar-refractivity contribution in [2.75, 3.05) is 13.6 Å². The molecule has 1 aromatic carbocycles. The van der Waals surface area contributed by atoms with E-state index in [1.807, 2.05) is 13.0 Å². The molecule has 1 atom stereocenters.